The van der Waals surface area contributed by atoms with Crippen LogP contribution >= 0.6 is 0 Å². The number of pyridine rings is 1. The van der Waals surface area contributed by atoms with Crippen LogP contribution in [-0.2, 0) is 17.5 Å². The third-order valence-corrected chi connectivity index (χ3v) is 1.43. The molecule has 0 unspecified atom stereocenters. The molecule has 2 nitrogen and oxygen atoms in total. The van der Waals surface area contributed by atoms with E-state index in [1.54, 1.807) is 0 Å². The summed E-state index contributed by atoms with van der Waals surface area (Å²) < 4.78 is 41.0. The number of hydrogen-bond donors (Lipinski definition) is 0. The molecule has 72 valence electrons. The van der Waals surface area contributed by atoms with E-state index in [4.69, 9.17) is 4.74 Å². The summed E-state index contributed by atoms with van der Waals surface area (Å²) in [5.74, 6) is 0. The van der Waals surface area contributed by atoms with Gasteiger partial charge in [-0.25, -0.2) is 0 Å². The monoisotopic (exact) mass is 191 g/mol. The predicted octanol–water partition coefficient (Wildman–Crippen LogP) is 2.25. The zero-order valence-electron chi connectivity index (χ0n) is 6.93. The summed E-state index contributed by atoms with van der Waals surface area (Å²) in [6.45, 7) is 0.158. The van der Waals surface area contributed by atoms with Gasteiger partial charge in [-0.3, -0.25) is 4.98 Å². The molecule has 0 saturated carbocycles. The van der Waals surface area contributed by atoms with Gasteiger partial charge in [-0.15, -0.1) is 0 Å². The molecule has 5 heteroatoms. The predicted molar refractivity (Wildman–Crippen MR) is 40.0 cm³/mol. The van der Waals surface area contributed by atoms with Gasteiger partial charge >= 0.3 is 6.18 Å². The minimum atomic E-state index is -4.39. The van der Waals surface area contributed by atoms with Crippen molar-refractivity contribution < 1.29 is 17.9 Å². The molecule has 0 atom stereocenters. The van der Waals surface area contributed by atoms with Crippen LogP contribution in [0, 0.1) is 0 Å². The lowest BCUT2D eigenvalue weighted by Crippen LogP contribution is -2.08. The van der Waals surface area contributed by atoms with Gasteiger partial charge in [0.05, 0.1) is 6.61 Å². The van der Waals surface area contributed by atoms with Gasteiger partial charge in [0.15, 0.2) is 0 Å². The first-order valence-corrected chi connectivity index (χ1v) is 3.55. The highest BCUT2D eigenvalue weighted by atomic mass is 19.4. The van der Waals surface area contributed by atoms with Crippen molar-refractivity contribution in [3.05, 3.63) is 29.6 Å². The van der Waals surface area contributed by atoms with Gasteiger partial charge < -0.3 is 4.74 Å². The molecule has 0 N–H and O–H groups in total. The number of hydrogen-bond acceptors (Lipinski definition) is 2. The van der Waals surface area contributed by atoms with Gasteiger partial charge in [-0.05, 0) is 17.7 Å². The number of rotatable bonds is 2. The zero-order valence-corrected chi connectivity index (χ0v) is 6.93. The second-order valence-corrected chi connectivity index (χ2v) is 2.48. The highest BCUT2D eigenvalue weighted by Gasteiger charge is 2.32. The Hall–Kier alpha value is -1.10. The highest BCUT2D eigenvalue weighted by molar-refractivity contribution is 5.17. The molecule has 0 amide bonds. The van der Waals surface area contributed by atoms with Crippen molar-refractivity contribution in [2.75, 3.05) is 7.11 Å². The van der Waals surface area contributed by atoms with Crippen LogP contribution in [0.5, 0.6) is 0 Å². The van der Waals surface area contributed by atoms with Crippen molar-refractivity contribution in [1.82, 2.24) is 4.98 Å². The second kappa shape index (κ2) is 3.74. The Balaban J connectivity index is 2.92. The van der Waals surface area contributed by atoms with Gasteiger partial charge in [0, 0.05) is 13.3 Å². The Morgan fingerprint density at radius 1 is 1.46 bits per heavy atom. The van der Waals surface area contributed by atoms with E-state index < -0.39 is 11.9 Å². The lowest BCUT2D eigenvalue weighted by molar-refractivity contribution is -0.141. The molecule has 0 fully saturated rings. The quantitative estimate of drug-likeness (QED) is 0.715. The molecule has 0 aliphatic carbocycles. The Kier molecular flexibility index (Phi) is 2.87. The lowest BCUT2D eigenvalue weighted by atomic mass is 10.2. The summed E-state index contributed by atoms with van der Waals surface area (Å²) in [4.78, 5) is 3.21. The fraction of sp³-hybridized carbons (Fsp3) is 0.375. The maximum absolute atomic E-state index is 12.1. The number of aromatic nitrogens is 1. The molecule has 13 heavy (non-hydrogen) atoms. The minimum Gasteiger partial charge on any atom is -0.380 e. The molecular formula is C8H8F3NO. The summed E-state index contributed by atoms with van der Waals surface area (Å²) in [7, 11) is 1.42. The first-order chi connectivity index (χ1) is 6.04. The molecule has 0 saturated heterocycles. The van der Waals surface area contributed by atoms with E-state index in [9.17, 15) is 13.2 Å². The summed E-state index contributed by atoms with van der Waals surface area (Å²) in [6.07, 6.45) is -3.26. The van der Waals surface area contributed by atoms with Crippen LogP contribution in [0.1, 0.15) is 11.3 Å². The smallest absolute Gasteiger partial charge is 0.380 e. The van der Waals surface area contributed by atoms with Gasteiger partial charge in [0.1, 0.15) is 5.69 Å². The van der Waals surface area contributed by atoms with Gasteiger partial charge in [-0.2, -0.15) is 13.2 Å². The van der Waals surface area contributed by atoms with Gasteiger partial charge in [-0.1, -0.05) is 0 Å². The fourth-order valence-electron chi connectivity index (χ4n) is 0.886. The van der Waals surface area contributed by atoms with E-state index in [1.807, 2.05) is 0 Å². The first kappa shape index (κ1) is 9.98. The molecular weight excluding hydrogens is 183 g/mol. The molecule has 1 aromatic rings. The van der Waals surface area contributed by atoms with Crippen LogP contribution in [0.2, 0.25) is 0 Å². The van der Waals surface area contributed by atoms with E-state index in [2.05, 4.69) is 4.98 Å². The number of ether oxygens (including phenoxy) is 1. The van der Waals surface area contributed by atoms with E-state index in [-0.39, 0.29) is 6.61 Å². The molecule has 0 aliphatic heterocycles. The maximum atomic E-state index is 12.1. The SMILES string of the molecule is COCc1ccnc(C(F)(F)F)c1. The Morgan fingerprint density at radius 2 is 2.15 bits per heavy atom. The third-order valence-electron chi connectivity index (χ3n) is 1.43. The normalized spacial score (nSPS) is 11.7. The molecule has 0 aromatic carbocycles. The standard InChI is InChI=1S/C8H8F3NO/c1-13-5-6-2-3-12-7(4-6)8(9,10)11/h2-4H,5H2,1H3. The number of halogens is 3. The van der Waals surface area contributed by atoms with Crippen molar-refractivity contribution in [2.45, 2.75) is 12.8 Å². The average Bonchev–Trinajstić information content (AvgIpc) is 2.04. The van der Waals surface area contributed by atoms with Crippen LogP contribution in [-0.4, -0.2) is 12.1 Å². The Labute approximate surface area is 73.4 Å². The Bertz CT molecular complexity index is 285. The fourth-order valence-corrected chi connectivity index (χ4v) is 0.886. The first-order valence-electron chi connectivity index (χ1n) is 3.55. The highest BCUT2D eigenvalue weighted by Crippen LogP contribution is 2.27. The second-order valence-electron chi connectivity index (χ2n) is 2.48. The summed E-state index contributed by atoms with van der Waals surface area (Å²) >= 11 is 0. The molecule has 1 aromatic heterocycles. The van der Waals surface area contributed by atoms with Gasteiger partial charge in [0.2, 0.25) is 0 Å². The number of nitrogens with zero attached hydrogens (tertiary/aromatic N) is 1. The van der Waals surface area contributed by atoms with E-state index >= 15 is 0 Å². The van der Waals surface area contributed by atoms with E-state index in [0.717, 1.165) is 12.3 Å². The molecule has 0 bridgehead atoms. The van der Waals surface area contributed by atoms with Crippen molar-refractivity contribution in [3.63, 3.8) is 0 Å². The zero-order chi connectivity index (χ0) is 9.90. The Morgan fingerprint density at radius 3 is 2.69 bits per heavy atom. The lowest BCUT2D eigenvalue weighted by Gasteiger charge is -2.06. The van der Waals surface area contributed by atoms with Crippen LogP contribution in [0.25, 0.3) is 0 Å². The molecule has 1 heterocycles. The number of alkyl halides is 3. The van der Waals surface area contributed by atoms with E-state index in [1.165, 1.54) is 13.2 Å². The third kappa shape index (κ3) is 2.69. The van der Waals surface area contributed by atoms with Crippen molar-refractivity contribution in [1.29, 1.82) is 0 Å². The molecule has 0 aliphatic rings. The molecule has 1 rings (SSSR count). The van der Waals surface area contributed by atoms with E-state index in [0.29, 0.717) is 5.56 Å². The van der Waals surface area contributed by atoms with Crippen LogP contribution in [0.15, 0.2) is 18.3 Å². The van der Waals surface area contributed by atoms with Crippen molar-refractivity contribution in [3.8, 4) is 0 Å². The largest absolute Gasteiger partial charge is 0.433 e. The van der Waals surface area contributed by atoms with Crippen molar-refractivity contribution >= 4 is 0 Å². The van der Waals surface area contributed by atoms with Crippen LogP contribution in [0.4, 0.5) is 13.2 Å². The topological polar surface area (TPSA) is 22.1 Å². The summed E-state index contributed by atoms with van der Waals surface area (Å²) in [5, 5.41) is 0. The molecule has 0 spiro atoms. The van der Waals surface area contributed by atoms with Gasteiger partial charge in [0.25, 0.3) is 0 Å². The average molecular weight is 191 g/mol. The molecule has 0 radical (unpaired) electrons. The summed E-state index contributed by atoms with van der Waals surface area (Å²) in [5.41, 5.74) is -0.424. The van der Waals surface area contributed by atoms with Crippen LogP contribution < -0.4 is 0 Å². The minimum absolute atomic E-state index is 0.158. The maximum Gasteiger partial charge on any atom is 0.433 e. The summed E-state index contributed by atoms with van der Waals surface area (Å²) in [6, 6.07) is 2.46. The van der Waals surface area contributed by atoms with Crippen molar-refractivity contribution in [2.24, 2.45) is 0 Å². The van der Waals surface area contributed by atoms with Crippen LogP contribution in [0.3, 0.4) is 0 Å². The number of methoxy groups -OCH3 is 1.